The third-order valence-corrected chi connectivity index (χ3v) is 3.47. The van der Waals surface area contributed by atoms with Gasteiger partial charge in [-0.1, -0.05) is 0 Å². The van der Waals surface area contributed by atoms with E-state index >= 15 is 0 Å². The highest BCUT2D eigenvalue weighted by Crippen LogP contribution is 2.19. The second kappa shape index (κ2) is 6.47. The first-order valence-electron chi connectivity index (χ1n) is 6.79. The number of rotatable bonds is 4. The van der Waals surface area contributed by atoms with Gasteiger partial charge in [-0.2, -0.15) is 0 Å². The summed E-state index contributed by atoms with van der Waals surface area (Å²) in [5.74, 6) is 1.19. The van der Waals surface area contributed by atoms with Crippen molar-refractivity contribution >= 4 is 11.9 Å². The first-order valence-corrected chi connectivity index (χ1v) is 6.79. The molecule has 2 rings (SSSR count). The van der Waals surface area contributed by atoms with E-state index in [2.05, 4.69) is 20.2 Å². The number of hydrogen-bond donors (Lipinski definition) is 2. The summed E-state index contributed by atoms with van der Waals surface area (Å²) in [6, 6.07) is 0. The lowest BCUT2D eigenvalue weighted by Crippen LogP contribution is -2.37. The van der Waals surface area contributed by atoms with Crippen LogP contribution >= 0.6 is 0 Å². The smallest absolute Gasteiger partial charge is 0.254 e. The van der Waals surface area contributed by atoms with Crippen molar-refractivity contribution in [2.45, 2.75) is 19.8 Å². The molecule has 3 N–H and O–H groups in total. The summed E-state index contributed by atoms with van der Waals surface area (Å²) >= 11 is 0. The Kier molecular flexibility index (Phi) is 4.68. The number of carbonyl (C=O) groups excluding carboxylic acids is 1. The van der Waals surface area contributed by atoms with Crippen LogP contribution in [0.2, 0.25) is 0 Å². The van der Waals surface area contributed by atoms with Gasteiger partial charge in [-0.05, 0) is 32.2 Å². The Morgan fingerprint density at radius 3 is 2.58 bits per heavy atom. The summed E-state index contributed by atoms with van der Waals surface area (Å²) in [5.41, 5.74) is 6.18. The Hall–Kier alpha value is -1.69. The molecule has 0 atom stereocenters. The van der Waals surface area contributed by atoms with E-state index in [0.29, 0.717) is 24.0 Å². The highest BCUT2D eigenvalue weighted by atomic mass is 16.1. The summed E-state index contributed by atoms with van der Waals surface area (Å²) < 4.78 is 0. The average molecular weight is 263 g/mol. The molecule has 0 aromatic carbocycles. The Labute approximate surface area is 113 Å². The van der Waals surface area contributed by atoms with Crippen LogP contribution in [-0.4, -0.2) is 42.1 Å². The Balaban J connectivity index is 1.97. The van der Waals surface area contributed by atoms with E-state index in [1.165, 1.54) is 0 Å². The molecule has 19 heavy (non-hydrogen) atoms. The SMILES string of the molecule is CCNC(=O)c1cnc(N2CCC(CN)CC2)nc1. The van der Waals surface area contributed by atoms with Crippen molar-refractivity contribution < 1.29 is 4.79 Å². The summed E-state index contributed by atoms with van der Waals surface area (Å²) in [4.78, 5) is 22.3. The normalized spacial score (nSPS) is 16.4. The lowest BCUT2D eigenvalue weighted by molar-refractivity contribution is 0.0955. The number of anilines is 1. The summed E-state index contributed by atoms with van der Waals surface area (Å²) in [7, 11) is 0. The van der Waals surface area contributed by atoms with Gasteiger partial charge in [0.2, 0.25) is 5.95 Å². The lowest BCUT2D eigenvalue weighted by atomic mass is 9.97. The largest absolute Gasteiger partial charge is 0.352 e. The van der Waals surface area contributed by atoms with Crippen LogP contribution in [0.1, 0.15) is 30.1 Å². The predicted molar refractivity (Wildman–Crippen MR) is 74.0 cm³/mol. The van der Waals surface area contributed by atoms with E-state index in [1.807, 2.05) is 6.92 Å². The Morgan fingerprint density at radius 1 is 1.42 bits per heavy atom. The maximum Gasteiger partial charge on any atom is 0.254 e. The van der Waals surface area contributed by atoms with E-state index in [-0.39, 0.29) is 5.91 Å². The van der Waals surface area contributed by atoms with Crippen molar-refractivity contribution in [1.82, 2.24) is 15.3 Å². The molecule has 0 saturated carbocycles. The fraction of sp³-hybridized carbons (Fsp3) is 0.615. The molecular formula is C13H21N5O. The zero-order valence-electron chi connectivity index (χ0n) is 11.3. The van der Waals surface area contributed by atoms with Gasteiger partial charge in [0.25, 0.3) is 5.91 Å². The van der Waals surface area contributed by atoms with Crippen molar-refractivity contribution in [3.05, 3.63) is 18.0 Å². The molecule has 0 unspecified atom stereocenters. The summed E-state index contributed by atoms with van der Waals surface area (Å²) in [5, 5.41) is 2.73. The number of hydrogen-bond acceptors (Lipinski definition) is 5. The minimum absolute atomic E-state index is 0.129. The third kappa shape index (κ3) is 3.41. The highest BCUT2D eigenvalue weighted by molar-refractivity contribution is 5.93. The van der Waals surface area contributed by atoms with Crippen LogP contribution in [0.15, 0.2) is 12.4 Å². The molecule has 0 aliphatic carbocycles. The topological polar surface area (TPSA) is 84.1 Å². The number of amides is 1. The zero-order chi connectivity index (χ0) is 13.7. The van der Waals surface area contributed by atoms with Gasteiger partial charge in [0.1, 0.15) is 0 Å². The molecule has 1 fully saturated rings. The fourth-order valence-electron chi connectivity index (χ4n) is 2.23. The summed E-state index contributed by atoms with van der Waals surface area (Å²) in [6.45, 7) is 5.11. The van der Waals surface area contributed by atoms with E-state index in [4.69, 9.17) is 5.73 Å². The third-order valence-electron chi connectivity index (χ3n) is 3.47. The molecule has 6 heteroatoms. The molecule has 6 nitrogen and oxygen atoms in total. The van der Waals surface area contributed by atoms with Crippen molar-refractivity contribution in [2.24, 2.45) is 11.7 Å². The second-order valence-electron chi connectivity index (χ2n) is 4.80. The van der Waals surface area contributed by atoms with E-state index in [1.54, 1.807) is 12.4 Å². The molecule has 1 aliphatic heterocycles. The van der Waals surface area contributed by atoms with Gasteiger partial charge < -0.3 is 16.0 Å². The van der Waals surface area contributed by atoms with Gasteiger partial charge in [-0.25, -0.2) is 9.97 Å². The Bertz CT molecular complexity index is 412. The number of nitrogens with one attached hydrogen (secondary N) is 1. The molecule has 1 aliphatic rings. The lowest BCUT2D eigenvalue weighted by Gasteiger charge is -2.31. The van der Waals surface area contributed by atoms with Crippen LogP contribution in [0.3, 0.4) is 0 Å². The second-order valence-corrected chi connectivity index (χ2v) is 4.80. The number of carbonyl (C=O) groups is 1. The van der Waals surface area contributed by atoms with Crippen LogP contribution in [0.4, 0.5) is 5.95 Å². The van der Waals surface area contributed by atoms with Gasteiger partial charge in [-0.3, -0.25) is 4.79 Å². The fourth-order valence-corrected chi connectivity index (χ4v) is 2.23. The molecule has 0 spiro atoms. The number of piperidine rings is 1. The summed E-state index contributed by atoms with van der Waals surface area (Å²) in [6.07, 6.45) is 5.33. The average Bonchev–Trinajstić information content (AvgIpc) is 2.48. The van der Waals surface area contributed by atoms with Gasteiger partial charge in [0.15, 0.2) is 0 Å². The highest BCUT2D eigenvalue weighted by Gasteiger charge is 2.20. The van der Waals surface area contributed by atoms with Gasteiger partial charge in [0.05, 0.1) is 5.56 Å². The minimum Gasteiger partial charge on any atom is -0.352 e. The van der Waals surface area contributed by atoms with Crippen molar-refractivity contribution in [3.63, 3.8) is 0 Å². The van der Waals surface area contributed by atoms with Crippen LogP contribution in [-0.2, 0) is 0 Å². The van der Waals surface area contributed by atoms with Crippen molar-refractivity contribution in [1.29, 1.82) is 0 Å². The van der Waals surface area contributed by atoms with Crippen LogP contribution in [0.25, 0.3) is 0 Å². The predicted octanol–water partition coefficient (Wildman–Crippen LogP) is 0.401. The molecule has 1 amide bonds. The first kappa shape index (κ1) is 13.7. The van der Waals surface area contributed by atoms with E-state index in [9.17, 15) is 4.79 Å². The molecule has 1 aromatic rings. The molecular weight excluding hydrogens is 242 g/mol. The van der Waals surface area contributed by atoms with Crippen molar-refractivity contribution in [2.75, 3.05) is 31.1 Å². The monoisotopic (exact) mass is 263 g/mol. The number of aromatic nitrogens is 2. The molecule has 1 aromatic heterocycles. The zero-order valence-corrected chi connectivity index (χ0v) is 11.3. The molecule has 2 heterocycles. The minimum atomic E-state index is -0.129. The maximum absolute atomic E-state index is 11.6. The van der Waals surface area contributed by atoms with Crippen LogP contribution < -0.4 is 16.0 Å². The first-order chi connectivity index (χ1) is 9.24. The van der Waals surface area contributed by atoms with Crippen LogP contribution in [0, 0.1) is 5.92 Å². The van der Waals surface area contributed by atoms with Crippen LogP contribution in [0.5, 0.6) is 0 Å². The Morgan fingerprint density at radius 2 is 2.05 bits per heavy atom. The maximum atomic E-state index is 11.6. The van der Waals surface area contributed by atoms with E-state index < -0.39 is 0 Å². The van der Waals surface area contributed by atoms with Gasteiger partial charge >= 0.3 is 0 Å². The van der Waals surface area contributed by atoms with E-state index in [0.717, 1.165) is 32.5 Å². The van der Waals surface area contributed by atoms with Gasteiger partial charge in [-0.15, -0.1) is 0 Å². The van der Waals surface area contributed by atoms with Gasteiger partial charge in [0, 0.05) is 32.0 Å². The standard InChI is InChI=1S/C13H21N5O/c1-2-15-12(19)11-8-16-13(17-9-11)18-5-3-10(7-14)4-6-18/h8-10H,2-7,14H2,1H3,(H,15,19). The molecule has 0 radical (unpaired) electrons. The molecule has 0 bridgehead atoms. The number of nitrogens with two attached hydrogens (primary N) is 1. The molecule has 104 valence electrons. The number of nitrogens with zero attached hydrogens (tertiary/aromatic N) is 3. The molecule has 1 saturated heterocycles. The van der Waals surface area contributed by atoms with Crippen molar-refractivity contribution in [3.8, 4) is 0 Å². The quantitative estimate of drug-likeness (QED) is 0.821.